The lowest BCUT2D eigenvalue weighted by atomic mass is 9.82. The largest absolute Gasteiger partial charge is 0.347 e. The highest BCUT2D eigenvalue weighted by Crippen LogP contribution is 2.31. The molecule has 0 saturated carbocycles. The summed E-state index contributed by atoms with van der Waals surface area (Å²) in [6.07, 6.45) is 0. The first kappa shape index (κ1) is 19.9. The zero-order chi connectivity index (χ0) is 20.0. The highest BCUT2D eigenvalue weighted by Gasteiger charge is 2.44. The summed E-state index contributed by atoms with van der Waals surface area (Å²) in [7, 11) is 0. The summed E-state index contributed by atoms with van der Waals surface area (Å²) in [5.41, 5.74) is 0.559. The molecule has 0 aliphatic heterocycles. The van der Waals surface area contributed by atoms with E-state index in [1.807, 2.05) is 49.4 Å². The second-order valence-corrected chi connectivity index (χ2v) is 7.14. The maximum Gasteiger partial charge on any atom is 0.251 e. The Morgan fingerprint density at radius 1 is 0.857 bits per heavy atom. The van der Waals surface area contributed by atoms with Gasteiger partial charge in [-0.25, -0.2) is 4.21 Å². The van der Waals surface area contributed by atoms with Crippen molar-refractivity contribution < 1.29 is 13.6 Å². The molecule has 0 heterocycles. The van der Waals surface area contributed by atoms with Gasteiger partial charge in [0.2, 0.25) is 11.3 Å². The van der Waals surface area contributed by atoms with Crippen molar-refractivity contribution in [2.45, 2.75) is 18.5 Å². The Hall–Kier alpha value is -2.80. The molecule has 3 aromatic carbocycles. The molecule has 0 aliphatic rings. The standard InChI is InChI=1S/C22H22N2O3S/c1-17(18-11-5-2-6-12-18)23-21(25)22(24-28(26)27,19-13-7-3-8-14-19)20-15-9-4-10-16-20/h2-17,24H,1H3,(H,23,25)(H,26,27). The monoisotopic (exact) mass is 394 g/mol. The molecule has 0 saturated heterocycles. The fourth-order valence-electron chi connectivity index (χ4n) is 3.23. The minimum absolute atomic E-state index is 0.283. The molecule has 5 nitrogen and oxygen atoms in total. The molecule has 0 aromatic heterocycles. The molecule has 0 bridgehead atoms. The molecule has 3 N–H and O–H groups in total. The molecule has 0 radical (unpaired) electrons. The summed E-state index contributed by atoms with van der Waals surface area (Å²) >= 11 is -2.43. The minimum Gasteiger partial charge on any atom is -0.347 e. The normalized spacial score (nSPS) is 13.5. The van der Waals surface area contributed by atoms with Crippen LogP contribution in [0.1, 0.15) is 29.7 Å². The van der Waals surface area contributed by atoms with Crippen molar-refractivity contribution in [3.05, 3.63) is 108 Å². The maximum absolute atomic E-state index is 13.6. The van der Waals surface area contributed by atoms with Crippen LogP contribution in [0.5, 0.6) is 0 Å². The Kier molecular flexibility index (Phi) is 6.36. The number of carbonyl (C=O) groups is 1. The number of hydrogen-bond donors (Lipinski definition) is 3. The fourth-order valence-corrected chi connectivity index (χ4v) is 3.82. The van der Waals surface area contributed by atoms with Gasteiger partial charge in [-0.15, -0.1) is 0 Å². The van der Waals surface area contributed by atoms with E-state index < -0.39 is 22.7 Å². The van der Waals surface area contributed by atoms with E-state index in [0.717, 1.165) is 5.56 Å². The van der Waals surface area contributed by atoms with Crippen LogP contribution < -0.4 is 10.0 Å². The number of rotatable bonds is 7. The molecular weight excluding hydrogens is 372 g/mol. The van der Waals surface area contributed by atoms with Gasteiger partial charge in [-0.2, -0.15) is 4.72 Å². The number of nitrogens with one attached hydrogen (secondary N) is 2. The van der Waals surface area contributed by atoms with Gasteiger partial charge in [0.25, 0.3) is 5.91 Å². The average molecular weight is 394 g/mol. The van der Waals surface area contributed by atoms with Gasteiger partial charge in [-0.3, -0.25) is 9.35 Å². The molecule has 0 fully saturated rings. The van der Waals surface area contributed by atoms with Crippen molar-refractivity contribution in [2.75, 3.05) is 0 Å². The zero-order valence-electron chi connectivity index (χ0n) is 15.4. The van der Waals surface area contributed by atoms with E-state index in [-0.39, 0.29) is 6.04 Å². The summed E-state index contributed by atoms with van der Waals surface area (Å²) < 4.78 is 24.1. The van der Waals surface area contributed by atoms with Crippen molar-refractivity contribution in [3.8, 4) is 0 Å². The fraction of sp³-hybridized carbons (Fsp3) is 0.136. The molecule has 2 unspecified atom stereocenters. The van der Waals surface area contributed by atoms with Gasteiger partial charge in [-0.1, -0.05) is 91.0 Å². The quantitative estimate of drug-likeness (QED) is 0.537. The second-order valence-electron chi connectivity index (χ2n) is 6.44. The van der Waals surface area contributed by atoms with Crippen LogP contribution in [0.2, 0.25) is 0 Å². The van der Waals surface area contributed by atoms with Crippen molar-refractivity contribution >= 4 is 17.2 Å². The van der Waals surface area contributed by atoms with Gasteiger partial charge >= 0.3 is 0 Å². The average Bonchev–Trinajstić information content (AvgIpc) is 2.73. The summed E-state index contributed by atoms with van der Waals surface area (Å²) in [5.74, 6) is -0.413. The molecule has 3 rings (SSSR count). The van der Waals surface area contributed by atoms with E-state index in [9.17, 15) is 13.6 Å². The predicted octanol–water partition coefficient (Wildman–Crippen LogP) is 3.53. The molecule has 0 aliphatic carbocycles. The number of benzene rings is 3. The van der Waals surface area contributed by atoms with Gasteiger partial charge in [0.1, 0.15) is 0 Å². The number of amides is 1. The minimum atomic E-state index is -2.43. The van der Waals surface area contributed by atoms with Gasteiger partial charge in [0, 0.05) is 0 Å². The van der Waals surface area contributed by atoms with Crippen LogP contribution >= 0.6 is 0 Å². The van der Waals surface area contributed by atoms with Crippen molar-refractivity contribution in [2.24, 2.45) is 0 Å². The van der Waals surface area contributed by atoms with E-state index in [0.29, 0.717) is 11.1 Å². The molecule has 3 aromatic rings. The lowest BCUT2D eigenvalue weighted by molar-refractivity contribution is -0.126. The number of carbonyl (C=O) groups excluding carboxylic acids is 1. The maximum atomic E-state index is 13.6. The molecule has 6 heteroatoms. The van der Waals surface area contributed by atoms with Gasteiger partial charge in [0.15, 0.2) is 5.54 Å². The molecular formula is C22H22N2O3S. The smallest absolute Gasteiger partial charge is 0.251 e. The van der Waals surface area contributed by atoms with Gasteiger partial charge in [-0.05, 0) is 23.6 Å². The van der Waals surface area contributed by atoms with E-state index >= 15 is 0 Å². The lowest BCUT2D eigenvalue weighted by Crippen LogP contribution is -2.56. The van der Waals surface area contributed by atoms with E-state index in [4.69, 9.17) is 0 Å². The van der Waals surface area contributed by atoms with Crippen LogP contribution in [0.3, 0.4) is 0 Å². The van der Waals surface area contributed by atoms with Gasteiger partial charge in [0.05, 0.1) is 6.04 Å². The van der Waals surface area contributed by atoms with Crippen LogP contribution in [0.4, 0.5) is 0 Å². The Morgan fingerprint density at radius 2 is 1.29 bits per heavy atom. The summed E-state index contributed by atoms with van der Waals surface area (Å²) in [5, 5.41) is 2.99. The number of hydrogen-bond acceptors (Lipinski definition) is 2. The zero-order valence-corrected chi connectivity index (χ0v) is 16.2. The lowest BCUT2D eigenvalue weighted by Gasteiger charge is -2.34. The molecule has 2 atom stereocenters. The third-order valence-electron chi connectivity index (χ3n) is 4.64. The predicted molar refractivity (Wildman–Crippen MR) is 111 cm³/mol. The Bertz CT molecular complexity index is 894. The van der Waals surface area contributed by atoms with Crippen molar-refractivity contribution in [3.63, 3.8) is 0 Å². The van der Waals surface area contributed by atoms with E-state index in [1.54, 1.807) is 48.5 Å². The summed E-state index contributed by atoms with van der Waals surface area (Å²) in [4.78, 5) is 13.6. The SMILES string of the molecule is CC(NC(=O)C(NS(=O)O)(c1ccccc1)c1ccccc1)c1ccccc1. The van der Waals surface area contributed by atoms with Crippen LogP contribution in [-0.4, -0.2) is 14.7 Å². The Labute approximate surface area is 167 Å². The first-order chi connectivity index (χ1) is 13.5. The molecule has 144 valence electrons. The van der Waals surface area contributed by atoms with Crippen LogP contribution in [0, 0.1) is 0 Å². The summed E-state index contributed by atoms with van der Waals surface area (Å²) in [6, 6.07) is 27.2. The highest BCUT2D eigenvalue weighted by molar-refractivity contribution is 7.77. The van der Waals surface area contributed by atoms with Crippen molar-refractivity contribution in [1.29, 1.82) is 0 Å². The first-order valence-corrected chi connectivity index (χ1v) is 10.0. The molecule has 0 spiro atoms. The molecule has 1 amide bonds. The van der Waals surface area contributed by atoms with E-state index in [1.165, 1.54) is 0 Å². The summed E-state index contributed by atoms with van der Waals surface area (Å²) in [6.45, 7) is 1.88. The van der Waals surface area contributed by atoms with Gasteiger partial charge < -0.3 is 5.32 Å². The Balaban J connectivity index is 2.09. The second kappa shape index (κ2) is 8.93. The third kappa shape index (κ3) is 4.20. The molecule has 28 heavy (non-hydrogen) atoms. The third-order valence-corrected chi connectivity index (χ3v) is 5.12. The topological polar surface area (TPSA) is 78.4 Å². The van der Waals surface area contributed by atoms with Crippen molar-refractivity contribution in [1.82, 2.24) is 10.0 Å². The highest BCUT2D eigenvalue weighted by atomic mass is 32.2. The van der Waals surface area contributed by atoms with E-state index in [2.05, 4.69) is 10.0 Å². The Morgan fingerprint density at radius 3 is 1.71 bits per heavy atom. The van der Waals surface area contributed by atoms with Crippen LogP contribution in [0.25, 0.3) is 0 Å². The van der Waals surface area contributed by atoms with Crippen LogP contribution in [-0.2, 0) is 21.6 Å². The first-order valence-electron chi connectivity index (χ1n) is 8.89. The van der Waals surface area contributed by atoms with Crippen LogP contribution in [0.15, 0.2) is 91.0 Å².